The van der Waals surface area contributed by atoms with Crippen LogP contribution in [0.2, 0.25) is 0 Å². The van der Waals surface area contributed by atoms with Crippen LogP contribution in [-0.2, 0) is 16.0 Å². The smallest absolute Gasteiger partial charge is 0.347 e. The number of fused-ring (bicyclic) bond motifs is 3. The molecule has 4 heterocycles. The molecule has 1 unspecified atom stereocenters. The summed E-state index contributed by atoms with van der Waals surface area (Å²) in [5, 5.41) is 32.4. The van der Waals surface area contributed by atoms with E-state index in [-0.39, 0.29) is 49.7 Å². The van der Waals surface area contributed by atoms with Gasteiger partial charge in [-0.25, -0.2) is 9.89 Å². The maximum Gasteiger partial charge on any atom is 0.347 e. The Morgan fingerprint density at radius 3 is 2.60 bits per heavy atom. The van der Waals surface area contributed by atoms with E-state index in [0.29, 0.717) is 12.0 Å². The molecule has 206 valence electrons. The lowest BCUT2D eigenvalue weighted by molar-refractivity contribution is -0.674. The van der Waals surface area contributed by atoms with Crippen molar-refractivity contribution in [2.24, 2.45) is 11.5 Å². The Bertz CT molecular complexity index is 1550. The third kappa shape index (κ3) is 3.18. The van der Waals surface area contributed by atoms with Crippen molar-refractivity contribution in [2.75, 3.05) is 13.1 Å². The van der Waals surface area contributed by atoms with Crippen molar-refractivity contribution in [1.82, 2.24) is 20.9 Å². The van der Waals surface area contributed by atoms with Gasteiger partial charge in [-0.3, -0.25) is 41.1 Å². The number of carbonyl (C=O) groups is 3. The summed E-state index contributed by atoms with van der Waals surface area (Å²) in [6.07, 6.45) is 0.844. The van der Waals surface area contributed by atoms with Gasteiger partial charge in [0.05, 0.1) is 13.1 Å². The molecule has 5 aliphatic rings. The second-order valence-corrected chi connectivity index (χ2v) is 11.0. The summed E-state index contributed by atoms with van der Waals surface area (Å²) in [5.74, 6) is -3.49. The molecule has 0 bridgehead atoms. The summed E-state index contributed by atoms with van der Waals surface area (Å²) >= 11 is 0. The standard InChI is InChI=1S/C27H28N8O5/c28-24-32-22-18(11-34-20(36)8-9-21(34)37)30-25(29)35-12-19(27(39,40)26(22,35)33-24)31-23(38)16-7-3-6-15-14-5-2-1-4-13(14)10-17(15)16/h1-7,18-19,22,39-40H,8-12H2,(H6,28,29,30,31,32,33,38)/p+2/t18-,19?,22-,26-/m0/s1. The van der Waals surface area contributed by atoms with E-state index in [2.05, 4.69) is 20.9 Å². The summed E-state index contributed by atoms with van der Waals surface area (Å²) in [4.78, 5) is 42.5. The van der Waals surface area contributed by atoms with Crippen molar-refractivity contribution >= 4 is 29.6 Å². The van der Waals surface area contributed by atoms with Crippen molar-refractivity contribution in [3.05, 3.63) is 59.2 Å². The third-order valence-electron chi connectivity index (χ3n) is 8.89. The number of hydrogen-bond acceptors (Lipinski definition) is 9. The van der Waals surface area contributed by atoms with E-state index in [9.17, 15) is 24.6 Å². The lowest BCUT2D eigenvalue weighted by Crippen LogP contribution is -2.92. The number of amides is 3. The second-order valence-electron chi connectivity index (χ2n) is 11.0. The average Bonchev–Trinajstić information content (AvgIpc) is 3.63. The van der Waals surface area contributed by atoms with Crippen LogP contribution < -0.4 is 32.4 Å². The summed E-state index contributed by atoms with van der Waals surface area (Å²) in [6, 6.07) is 10.8. The van der Waals surface area contributed by atoms with Crippen LogP contribution in [0.25, 0.3) is 11.1 Å². The summed E-state index contributed by atoms with van der Waals surface area (Å²) in [5.41, 5.74) is 15.3. The topological polar surface area (TPSA) is 200 Å². The van der Waals surface area contributed by atoms with Crippen LogP contribution in [0.3, 0.4) is 0 Å². The summed E-state index contributed by atoms with van der Waals surface area (Å²) in [7, 11) is 0. The van der Waals surface area contributed by atoms with E-state index >= 15 is 0 Å². The van der Waals surface area contributed by atoms with Gasteiger partial charge in [0, 0.05) is 18.4 Å². The molecule has 1 spiro atoms. The fourth-order valence-corrected chi connectivity index (χ4v) is 7.02. The first kappa shape index (κ1) is 24.5. The Morgan fingerprint density at radius 1 is 1.10 bits per heavy atom. The molecular weight excluding hydrogens is 516 g/mol. The predicted octanol–water partition coefficient (Wildman–Crippen LogP) is -4.44. The van der Waals surface area contributed by atoms with E-state index in [1.165, 1.54) is 4.58 Å². The van der Waals surface area contributed by atoms with Gasteiger partial charge >= 0.3 is 11.9 Å². The van der Waals surface area contributed by atoms with E-state index in [0.717, 1.165) is 27.2 Å². The minimum absolute atomic E-state index is 0.0512. The molecule has 40 heavy (non-hydrogen) atoms. The number of likely N-dealkylation sites (tertiary alicyclic amines) is 1. The molecule has 7 rings (SSSR count). The largest absolute Gasteiger partial charge is 0.358 e. The number of aliphatic hydroxyl groups is 2. The molecule has 1 aliphatic carbocycles. The number of rotatable bonds is 4. The number of carbonyl (C=O) groups excluding carboxylic acids is 3. The van der Waals surface area contributed by atoms with Gasteiger partial charge in [-0.2, -0.15) is 0 Å². The minimum atomic E-state index is -2.58. The first-order valence-corrected chi connectivity index (χ1v) is 13.2. The molecule has 10 N–H and O–H groups in total. The number of benzene rings is 2. The monoisotopic (exact) mass is 546 g/mol. The van der Waals surface area contributed by atoms with Crippen LogP contribution in [-0.4, -0.2) is 92.0 Å². The van der Waals surface area contributed by atoms with Crippen molar-refractivity contribution in [3.63, 3.8) is 0 Å². The van der Waals surface area contributed by atoms with E-state index < -0.39 is 35.5 Å². The first-order valence-electron chi connectivity index (χ1n) is 13.2. The van der Waals surface area contributed by atoms with Crippen LogP contribution in [0.15, 0.2) is 42.5 Å². The highest BCUT2D eigenvalue weighted by Gasteiger charge is 2.78. The van der Waals surface area contributed by atoms with Crippen molar-refractivity contribution in [3.8, 4) is 11.1 Å². The lowest BCUT2D eigenvalue weighted by atomic mass is 9.85. The van der Waals surface area contributed by atoms with Crippen LogP contribution >= 0.6 is 0 Å². The van der Waals surface area contributed by atoms with E-state index in [1.54, 1.807) is 6.07 Å². The highest BCUT2D eigenvalue weighted by atomic mass is 16.5. The maximum atomic E-state index is 13.7. The molecule has 2 aromatic rings. The Labute approximate surface area is 228 Å². The van der Waals surface area contributed by atoms with Gasteiger partial charge in [0.25, 0.3) is 17.4 Å². The van der Waals surface area contributed by atoms with Gasteiger partial charge in [0.15, 0.2) is 6.04 Å². The second kappa shape index (κ2) is 8.26. The fraction of sp³-hybridized carbons (Fsp3) is 0.370. The van der Waals surface area contributed by atoms with Gasteiger partial charge in [-0.1, -0.05) is 36.4 Å². The number of imide groups is 1. The lowest BCUT2D eigenvalue weighted by Gasteiger charge is -2.41. The molecule has 4 atom stereocenters. The maximum absolute atomic E-state index is 13.7. The normalized spacial score (nSPS) is 29.3. The molecule has 0 saturated carbocycles. The average molecular weight is 547 g/mol. The van der Waals surface area contributed by atoms with Crippen molar-refractivity contribution in [2.45, 2.75) is 48.8 Å². The zero-order valence-corrected chi connectivity index (χ0v) is 21.5. The molecular formula is C27H30N8O5+2. The van der Waals surface area contributed by atoms with E-state index in [1.807, 2.05) is 36.4 Å². The van der Waals surface area contributed by atoms with Gasteiger partial charge < -0.3 is 15.5 Å². The zero-order chi connectivity index (χ0) is 28.0. The molecule has 4 aliphatic heterocycles. The van der Waals surface area contributed by atoms with Crippen molar-refractivity contribution < 1.29 is 34.2 Å². The molecule has 2 aromatic carbocycles. The predicted molar refractivity (Wildman–Crippen MR) is 140 cm³/mol. The highest BCUT2D eigenvalue weighted by Crippen LogP contribution is 2.40. The molecule has 0 aromatic heterocycles. The van der Waals surface area contributed by atoms with Crippen LogP contribution in [0.5, 0.6) is 0 Å². The Morgan fingerprint density at radius 2 is 1.82 bits per heavy atom. The van der Waals surface area contributed by atoms with E-state index in [4.69, 9.17) is 11.5 Å². The van der Waals surface area contributed by atoms with Gasteiger partial charge in [-0.15, -0.1) is 0 Å². The number of nitrogens with zero attached hydrogens (tertiary/aromatic N) is 2. The quantitative estimate of drug-likeness (QED) is 0.0903. The number of hydrogen-bond donors (Lipinski definition) is 8. The number of nitrogens with two attached hydrogens (primary N) is 2. The molecule has 13 heteroatoms. The minimum Gasteiger partial charge on any atom is -0.358 e. The fourth-order valence-electron chi connectivity index (χ4n) is 7.02. The third-order valence-corrected chi connectivity index (χ3v) is 8.89. The molecule has 13 nitrogen and oxygen atoms in total. The van der Waals surface area contributed by atoms with Crippen LogP contribution in [0.1, 0.15) is 34.3 Å². The van der Waals surface area contributed by atoms with Crippen molar-refractivity contribution in [1.29, 1.82) is 0 Å². The Kier molecular flexibility index (Phi) is 5.07. The Hall–Kier alpha value is -4.49. The highest BCUT2D eigenvalue weighted by molar-refractivity contribution is 6.02. The first-order chi connectivity index (χ1) is 19.1. The molecule has 0 radical (unpaired) electrons. The number of guanidine groups is 2. The SMILES string of the molecule is NC1=[NH+][C@H]2[C@H](CN3C(=O)CCC3=O)NC(N)=[N+]3CC(NC(=O)c4cccc5c4Cc4ccccc4-5)C(O)(O)[C@]23N1. The molecule has 3 amide bonds. The van der Waals surface area contributed by atoms with Gasteiger partial charge in [0.1, 0.15) is 12.1 Å². The Balaban J connectivity index is 1.20. The molecule has 2 fully saturated rings. The van der Waals surface area contributed by atoms with Crippen LogP contribution in [0, 0.1) is 0 Å². The van der Waals surface area contributed by atoms with Crippen LogP contribution in [0.4, 0.5) is 0 Å². The van der Waals surface area contributed by atoms with Gasteiger partial charge in [-0.05, 0) is 34.7 Å². The van der Waals surface area contributed by atoms with Gasteiger partial charge in [0.2, 0.25) is 11.8 Å². The molecule has 2 saturated heterocycles. The number of nitrogens with one attached hydrogen (secondary N) is 4. The summed E-state index contributed by atoms with van der Waals surface area (Å²) < 4.78 is 1.52. The zero-order valence-electron chi connectivity index (χ0n) is 21.5. The summed E-state index contributed by atoms with van der Waals surface area (Å²) in [6.45, 7) is -0.107.